The lowest BCUT2D eigenvalue weighted by Crippen LogP contribution is -2.49. The number of amides is 2. The summed E-state index contributed by atoms with van der Waals surface area (Å²) in [7, 11) is 1.63. The molecular formula is C22H23N3O3S2. The lowest BCUT2D eigenvalue weighted by molar-refractivity contribution is -0.121. The van der Waals surface area contributed by atoms with E-state index in [1.165, 1.54) is 22.7 Å². The number of likely N-dealkylation sites (tertiary alicyclic amines) is 1. The maximum absolute atomic E-state index is 13.0. The van der Waals surface area contributed by atoms with Crippen LogP contribution in [0.3, 0.4) is 0 Å². The highest BCUT2D eigenvalue weighted by Gasteiger charge is 2.33. The van der Waals surface area contributed by atoms with E-state index in [-0.39, 0.29) is 11.8 Å². The molecule has 1 aliphatic rings. The van der Waals surface area contributed by atoms with Crippen molar-refractivity contribution >= 4 is 39.6 Å². The lowest BCUT2D eigenvalue weighted by Gasteiger charge is -2.34. The SMILES string of the molecule is COc1ccc(-c2nc(NC(=O)C3CCCCN3C(=O)c3cccs3)sc2C)cc1. The van der Waals surface area contributed by atoms with Gasteiger partial charge in [-0.15, -0.1) is 22.7 Å². The minimum Gasteiger partial charge on any atom is -0.497 e. The second kappa shape index (κ2) is 8.97. The van der Waals surface area contributed by atoms with Gasteiger partial charge in [-0.3, -0.25) is 9.59 Å². The Kier molecular flexibility index (Phi) is 6.15. The summed E-state index contributed by atoms with van der Waals surface area (Å²) in [5, 5.41) is 5.38. The summed E-state index contributed by atoms with van der Waals surface area (Å²) in [5.74, 6) is 0.543. The van der Waals surface area contributed by atoms with Gasteiger partial charge in [-0.2, -0.15) is 0 Å². The van der Waals surface area contributed by atoms with Crippen LogP contribution in [0.5, 0.6) is 5.75 Å². The number of nitrogens with zero attached hydrogens (tertiary/aromatic N) is 2. The molecule has 8 heteroatoms. The molecule has 4 rings (SSSR count). The summed E-state index contributed by atoms with van der Waals surface area (Å²) >= 11 is 2.85. The van der Waals surface area contributed by atoms with Crippen molar-refractivity contribution in [2.75, 3.05) is 19.0 Å². The van der Waals surface area contributed by atoms with Crippen molar-refractivity contribution in [1.29, 1.82) is 0 Å². The van der Waals surface area contributed by atoms with E-state index in [1.54, 1.807) is 12.0 Å². The summed E-state index contributed by atoms with van der Waals surface area (Å²) in [5.41, 5.74) is 1.81. The topological polar surface area (TPSA) is 71.5 Å². The van der Waals surface area contributed by atoms with Gasteiger partial charge in [0.2, 0.25) is 5.91 Å². The van der Waals surface area contributed by atoms with Crippen LogP contribution in [0, 0.1) is 6.92 Å². The summed E-state index contributed by atoms with van der Waals surface area (Å²) in [4.78, 5) is 33.9. The van der Waals surface area contributed by atoms with Crippen LogP contribution >= 0.6 is 22.7 Å². The Bertz CT molecular complexity index is 1030. The average Bonchev–Trinajstić information content (AvgIpc) is 3.43. The Balaban J connectivity index is 1.50. The molecule has 1 unspecified atom stereocenters. The van der Waals surface area contributed by atoms with Crippen LogP contribution in [0.4, 0.5) is 5.13 Å². The number of carbonyl (C=O) groups excluding carboxylic acids is 2. The molecule has 0 spiro atoms. The molecule has 1 aliphatic heterocycles. The van der Waals surface area contributed by atoms with E-state index < -0.39 is 6.04 Å². The van der Waals surface area contributed by atoms with Crippen molar-refractivity contribution in [2.24, 2.45) is 0 Å². The molecular weight excluding hydrogens is 418 g/mol. The first-order chi connectivity index (χ1) is 14.6. The number of hydrogen-bond donors (Lipinski definition) is 1. The van der Waals surface area contributed by atoms with E-state index in [0.29, 0.717) is 23.0 Å². The fourth-order valence-electron chi connectivity index (χ4n) is 3.64. The second-order valence-electron chi connectivity index (χ2n) is 7.13. The number of methoxy groups -OCH3 is 1. The summed E-state index contributed by atoms with van der Waals surface area (Å²) in [6, 6.07) is 10.9. The molecule has 3 aromatic rings. The molecule has 2 aromatic heterocycles. The van der Waals surface area contributed by atoms with Crippen molar-refractivity contribution in [2.45, 2.75) is 32.2 Å². The molecule has 0 radical (unpaired) electrons. The van der Waals surface area contributed by atoms with Gasteiger partial charge in [0.1, 0.15) is 11.8 Å². The lowest BCUT2D eigenvalue weighted by atomic mass is 10.0. The first-order valence-corrected chi connectivity index (χ1v) is 11.5. The van der Waals surface area contributed by atoms with Gasteiger partial charge >= 0.3 is 0 Å². The smallest absolute Gasteiger partial charge is 0.264 e. The summed E-state index contributed by atoms with van der Waals surface area (Å²) < 4.78 is 5.21. The Morgan fingerprint density at radius 2 is 2.00 bits per heavy atom. The number of ether oxygens (including phenoxy) is 1. The number of nitrogens with one attached hydrogen (secondary N) is 1. The van der Waals surface area contributed by atoms with Gasteiger partial charge in [-0.25, -0.2) is 4.98 Å². The number of benzene rings is 1. The Labute approximate surface area is 183 Å². The van der Waals surface area contributed by atoms with E-state index in [0.717, 1.165) is 34.7 Å². The number of thiazole rings is 1. The number of thiophene rings is 1. The van der Waals surface area contributed by atoms with E-state index in [4.69, 9.17) is 4.74 Å². The van der Waals surface area contributed by atoms with Crippen LogP contribution in [0.1, 0.15) is 33.8 Å². The average molecular weight is 442 g/mol. The van der Waals surface area contributed by atoms with Gasteiger partial charge in [0.25, 0.3) is 5.91 Å². The van der Waals surface area contributed by atoms with E-state index in [2.05, 4.69) is 10.3 Å². The van der Waals surface area contributed by atoms with Crippen LogP contribution in [-0.2, 0) is 4.79 Å². The molecule has 1 N–H and O–H groups in total. The quantitative estimate of drug-likeness (QED) is 0.616. The fourth-order valence-corrected chi connectivity index (χ4v) is 5.16. The predicted octanol–water partition coefficient (Wildman–Crippen LogP) is 4.82. The number of rotatable bonds is 5. The van der Waals surface area contributed by atoms with Crippen LogP contribution in [0.2, 0.25) is 0 Å². The molecule has 2 amide bonds. The molecule has 1 aromatic carbocycles. The molecule has 1 saturated heterocycles. The normalized spacial score (nSPS) is 16.3. The zero-order valence-corrected chi connectivity index (χ0v) is 18.5. The number of piperidine rings is 1. The molecule has 0 bridgehead atoms. The number of anilines is 1. The van der Waals surface area contributed by atoms with Gasteiger partial charge in [0, 0.05) is 17.0 Å². The van der Waals surface area contributed by atoms with E-state index >= 15 is 0 Å². The number of hydrogen-bond acceptors (Lipinski definition) is 6. The third kappa shape index (κ3) is 4.24. The van der Waals surface area contributed by atoms with Crippen molar-refractivity contribution in [3.05, 3.63) is 51.5 Å². The fraction of sp³-hybridized carbons (Fsp3) is 0.318. The molecule has 0 aliphatic carbocycles. The first-order valence-electron chi connectivity index (χ1n) is 9.84. The standard InChI is InChI=1S/C22H23N3O3S2/c1-14-19(15-8-10-16(28-2)11-9-15)23-22(30-14)24-20(26)17-6-3-4-12-25(17)21(27)18-7-5-13-29-18/h5,7-11,13,17H,3-4,6,12H2,1-2H3,(H,23,24,26). The van der Waals surface area contributed by atoms with Crippen LogP contribution < -0.4 is 10.1 Å². The number of aryl methyl sites for hydroxylation is 1. The maximum Gasteiger partial charge on any atom is 0.264 e. The van der Waals surface area contributed by atoms with Gasteiger partial charge in [-0.1, -0.05) is 6.07 Å². The highest BCUT2D eigenvalue weighted by Crippen LogP contribution is 2.32. The van der Waals surface area contributed by atoms with Crippen molar-refractivity contribution in [3.63, 3.8) is 0 Å². The molecule has 156 valence electrons. The minimum absolute atomic E-state index is 0.0703. The molecule has 30 heavy (non-hydrogen) atoms. The molecule has 1 fully saturated rings. The minimum atomic E-state index is -0.470. The Morgan fingerprint density at radius 3 is 2.70 bits per heavy atom. The highest BCUT2D eigenvalue weighted by atomic mass is 32.1. The van der Waals surface area contributed by atoms with Crippen molar-refractivity contribution in [3.8, 4) is 17.0 Å². The Hall–Kier alpha value is -2.71. The largest absolute Gasteiger partial charge is 0.497 e. The zero-order valence-electron chi connectivity index (χ0n) is 16.9. The highest BCUT2D eigenvalue weighted by molar-refractivity contribution is 7.16. The molecule has 1 atom stereocenters. The number of aromatic nitrogens is 1. The first kappa shape index (κ1) is 20.6. The van der Waals surface area contributed by atoms with Gasteiger partial charge in [0.05, 0.1) is 17.7 Å². The van der Waals surface area contributed by atoms with Gasteiger partial charge in [0.15, 0.2) is 5.13 Å². The van der Waals surface area contributed by atoms with Crippen molar-refractivity contribution in [1.82, 2.24) is 9.88 Å². The van der Waals surface area contributed by atoms with E-state index in [9.17, 15) is 9.59 Å². The third-order valence-corrected chi connectivity index (χ3v) is 6.93. The summed E-state index contributed by atoms with van der Waals surface area (Å²) in [6.45, 7) is 2.59. The molecule has 3 heterocycles. The second-order valence-corrected chi connectivity index (χ2v) is 9.28. The molecule has 0 saturated carbocycles. The molecule has 6 nitrogen and oxygen atoms in total. The van der Waals surface area contributed by atoms with Crippen molar-refractivity contribution < 1.29 is 14.3 Å². The monoisotopic (exact) mass is 441 g/mol. The predicted molar refractivity (Wildman–Crippen MR) is 120 cm³/mol. The summed E-state index contributed by atoms with van der Waals surface area (Å²) in [6.07, 6.45) is 2.51. The van der Waals surface area contributed by atoms with E-state index in [1.807, 2.05) is 48.7 Å². The van der Waals surface area contributed by atoms with Gasteiger partial charge in [-0.05, 0) is 61.9 Å². The third-order valence-electron chi connectivity index (χ3n) is 5.19. The number of carbonyl (C=O) groups is 2. The van der Waals surface area contributed by atoms with Gasteiger partial charge < -0.3 is 15.0 Å². The van der Waals surface area contributed by atoms with Crippen LogP contribution in [0.15, 0.2) is 41.8 Å². The Morgan fingerprint density at radius 1 is 1.20 bits per heavy atom. The maximum atomic E-state index is 13.0. The zero-order chi connectivity index (χ0) is 21.1. The van der Waals surface area contributed by atoms with Crippen LogP contribution in [0.25, 0.3) is 11.3 Å². The van der Waals surface area contributed by atoms with Crippen LogP contribution in [-0.4, -0.2) is 41.4 Å².